The zero-order valence-corrected chi connectivity index (χ0v) is 12.8. The van der Waals surface area contributed by atoms with Crippen LogP contribution in [0.4, 0.5) is 5.82 Å². The third-order valence-corrected chi connectivity index (χ3v) is 3.35. The second-order valence-electron chi connectivity index (χ2n) is 5.09. The van der Waals surface area contributed by atoms with Crippen LogP contribution in [0.3, 0.4) is 0 Å². The molecule has 2 N–H and O–H groups in total. The van der Waals surface area contributed by atoms with Gasteiger partial charge in [-0.3, -0.25) is 4.79 Å². The van der Waals surface area contributed by atoms with E-state index in [2.05, 4.69) is 27.5 Å². The van der Waals surface area contributed by atoms with E-state index in [-0.39, 0.29) is 12.7 Å². The van der Waals surface area contributed by atoms with Gasteiger partial charge in [0, 0.05) is 19.2 Å². The molecule has 120 valence electrons. The molecule has 0 spiro atoms. The van der Waals surface area contributed by atoms with Crippen molar-refractivity contribution in [2.75, 3.05) is 18.7 Å². The minimum absolute atomic E-state index is 0.236. The van der Waals surface area contributed by atoms with Gasteiger partial charge >= 0.3 is 0 Å². The second-order valence-corrected chi connectivity index (χ2v) is 5.09. The van der Waals surface area contributed by atoms with Gasteiger partial charge in [-0.05, 0) is 24.1 Å². The molecular weight excluding hydrogens is 296 g/mol. The van der Waals surface area contributed by atoms with Crippen LogP contribution in [0.25, 0.3) is 0 Å². The first kappa shape index (κ1) is 15.1. The van der Waals surface area contributed by atoms with Crippen molar-refractivity contribution >= 4 is 11.7 Å². The topological polar surface area (TPSA) is 85.4 Å². The Hall–Kier alpha value is -2.83. The molecule has 0 saturated carbocycles. The van der Waals surface area contributed by atoms with Gasteiger partial charge in [0.25, 0.3) is 5.91 Å². The van der Waals surface area contributed by atoms with E-state index < -0.39 is 0 Å². The summed E-state index contributed by atoms with van der Waals surface area (Å²) < 4.78 is 10.6. The second kappa shape index (κ2) is 6.95. The first-order valence-electron chi connectivity index (χ1n) is 7.49. The lowest BCUT2D eigenvalue weighted by Crippen LogP contribution is -2.24. The lowest BCUT2D eigenvalue weighted by molar-refractivity contribution is 0.0945. The van der Waals surface area contributed by atoms with E-state index in [0.29, 0.717) is 23.8 Å². The van der Waals surface area contributed by atoms with Crippen molar-refractivity contribution in [3.63, 3.8) is 0 Å². The van der Waals surface area contributed by atoms with E-state index in [9.17, 15) is 4.79 Å². The number of rotatable bonds is 6. The average Bonchev–Trinajstić information content (AvgIpc) is 3.05. The Labute approximate surface area is 134 Å². The smallest absolute Gasteiger partial charge is 0.270 e. The predicted molar refractivity (Wildman–Crippen MR) is 84.5 cm³/mol. The molecule has 0 saturated heterocycles. The SMILES string of the molecule is CCCNc1cc(C(=O)NCc2ccc3c(c2)OCO3)ncn1. The molecule has 1 aliphatic heterocycles. The number of amides is 1. The summed E-state index contributed by atoms with van der Waals surface area (Å²) in [6.07, 6.45) is 2.36. The van der Waals surface area contributed by atoms with Crippen LogP contribution in [0, 0.1) is 0 Å². The number of hydrogen-bond donors (Lipinski definition) is 2. The van der Waals surface area contributed by atoms with Crippen molar-refractivity contribution in [1.29, 1.82) is 0 Å². The minimum atomic E-state index is -0.246. The van der Waals surface area contributed by atoms with Crippen LogP contribution < -0.4 is 20.1 Å². The number of carbonyl (C=O) groups is 1. The molecule has 7 heteroatoms. The van der Waals surface area contributed by atoms with E-state index in [1.807, 2.05) is 18.2 Å². The van der Waals surface area contributed by atoms with E-state index in [4.69, 9.17) is 9.47 Å². The quantitative estimate of drug-likeness (QED) is 0.848. The number of carbonyl (C=O) groups excluding carboxylic acids is 1. The maximum Gasteiger partial charge on any atom is 0.270 e. The van der Waals surface area contributed by atoms with E-state index in [1.165, 1.54) is 6.33 Å². The van der Waals surface area contributed by atoms with Gasteiger partial charge in [0.15, 0.2) is 11.5 Å². The molecule has 0 radical (unpaired) electrons. The summed E-state index contributed by atoms with van der Waals surface area (Å²) in [6.45, 7) is 3.49. The third-order valence-electron chi connectivity index (χ3n) is 3.35. The number of ether oxygens (including phenoxy) is 2. The molecule has 1 aromatic heterocycles. The van der Waals surface area contributed by atoms with Crippen LogP contribution in [0.2, 0.25) is 0 Å². The molecule has 2 heterocycles. The molecule has 23 heavy (non-hydrogen) atoms. The molecule has 1 amide bonds. The summed E-state index contributed by atoms with van der Waals surface area (Å²) in [4.78, 5) is 20.3. The molecule has 0 aliphatic carbocycles. The summed E-state index contributed by atoms with van der Waals surface area (Å²) in [5, 5.41) is 5.97. The number of benzene rings is 1. The molecule has 3 rings (SSSR count). The molecule has 7 nitrogen and oxygen atoms in total. The monoisotopic (exact) mass is 314 g/mol. The van der Waals surface area contributed by atoms with Gasteiger partial charge in [-0.25, -0.2) is 9.97 Å². The zero-order chi connectivity index (χ0) is 16.1. The van der Waals surface area contributed by atoms with Gasteiger partial charge in [0.1, 0.15) is 17.8 Å². The van der Waals surface area contributed by atoms with Gasteiger partial charge in [-0.1, -0.05) is 13.0 Å². The molecule has 0 atom stereocenters. The first-order valence-corrected chi connectivity index (χ1v) is 7.49. The number of aromatic nitrogens is 2. The number of nitrogens with zero attached hydrogens (tertiary/aromatic N) is 2. The fraction of sp³-hybridized carbons (Fsp3) is 0.312. The van der Waals surface area contributed by atoms with Crippen LogP contribution in [-0.2, 0) is 6.54 Å². The van der Waals surface area contributed by atoms with Crippen LogP contribution >= 0.6 is 0 Å². The molecule has 0 unspecified atom stereocenters. The number of hydrogen-bond acceptors (Lipinski definition) is 6. The molecule has 2 aromatic rings. The highest BCUT2D eigenvalue weighted by atomic mass is 16.7. The van der Waals surface area contributed by atoms with Gasteiger partial charge in [0.2, 0.25) is 6.79 Å². The predicted octanol–water partition coefficient (Wildman–Crippen LogP) is 1.96. The van der Waals surface area contributed by atoms with Crippen LogP contribution in [0.5, 0.6) is 11.5 Å². The Morgan fingerprint density at radius 3 is 2.96 bits per heavy atom. The lowest BCUT2D eigenvalue weighted by atomic mass is 10.2. The van der Waals surface area contributed by atoms with Gasteiger partial charge in [-0.15, -0.1) is 0 Å². The van der Waals surface area contributed by atoms with Crippen molar-refractivity contribution in [3.05, 3.63) is 41.9 Å². The Bertz CT molecular complexity index is 705. The Kier molecular flexibility index (Phi) is 4.56. The number of nitrogens with one attached hydrogen (secondary N) is 2. The molecule has 0 bridgehead atoms. The largest absolute Gasteiger partial charge is 0.454 e. The maximum atomic E-state index is 12.2. The third kappa shape index (κ3) is 3.68. The average molecular weight is 314 g/mol. The van der Waals surface area contributed by atoms with Crippen molar-refractivity contribution in [2.45, 2.75) is 19.9 Å². The van der Waals surface area contributed by atoms with Crippen LogP contribution in [-0.4, -0.2) is 29.2 Å². The molecule has 0 fully saturated rings. The summed E-state index contributed by atoms with van der Waals surface area (Å²) in [5.41, 5.74) is 1.26. The van der Waals surface area contributed by atoms with Crippen molar-refractivity contribution < 1.29 is 14.3 Å². The normalized spacial score (nSPS) is 12.0. The number of fused-ring (bicyclic) bond motifs is 1. The Morgan fingerprint density at radius 1 is 1.22 bits per heavy atom. The Balaban J connectivity index is 1.61. The highest BCUT2D eigenvalue weighted by molar-refractivity contribution is 5.92. The van der Waals surface area contributed by atoms with Gasteiger partial charge in [-0.2, -0.15) is 0 Å². The summed E-state index contributed by atoms with van der Waals surface area (Å²) in [6, 6.07) is 7.23. The van der Waals surface area contributed by atoms with Gasteiger partial charge in [0.05, 0.1) is 0 Å². The minimum Gasteiger partial charge on any atom is -0.454 e. The maximum absolute atomic E-state index is 12.2. The van der Waals surface area contributed by atoms with Crippen LogP contribution in [0.1, 0.15) is 29.4 Å². The summed E-state index contributed by atoms with van der Waals surface area (Å²) in [7, 11) is 0. The lowest BCUT2D eigenvalue weighted by Gasteiger charge is -2.07. The highest BCUT2D eigenvalue weighted by Crippen LogP contribution is 2.32. The van der Waals surface area contributed by atoms with Crippen molar-refractivity contribution in [3.8, 4) is 11.5 Å². The van der Waals surface area contributed by atoms with Crippen molar-refractivity contribution in [2.24, 2.45) is 0 Å². The molecular formula is C16H18N4O3. The summed E-state index contributed by atoms with van der Waals surface area (Å²) >= 11 is 0. The zero-order valence-electron chi connectivity index (χ0n) is 12.8. The first-order chi connectivity index (χ1) is 11.3. The fourth-order valence-electron chi connectivity index (χ4n) is 2.16. The van der Waals surface area contributed by atoms with Crippen molar-refractivity contribution in [1.82, 2.24) is 15.3 Å². The molecule has 1 aliphatic rings. The van der Waals surface area contributed by atoms with Crippen LogP contribution in [0.15, 0.2) is 30.6 Å². The molecule has 1 aromatic carbocycles. The van der Waals surface area contributed by atoms with E-state index in [0.717, 1.165) is 24.3 Å². The van der Waals surface area contributed by atoms with E-state index in [1.54, 1.807) is 6.07 Å². The Morgan fingerprint density at radius 2 is 2.09 bits per heavy atom. The summed E-state index contributed by atoms with van der Waals surface area (Å²) in [5.74, 6) is 1.83. The standard InChI is InChI=1S/C16H18N4O3/c1-2-5-17-15-7-12(19-9-20-15)16(21)18-8-11-3-4-13-14(6-11)23-10-22-13/h3-4,6-7,9H,2,5,8,10H2,1H3,(H,18,21)(H,17,19,20). The highest BCUT2D eigenvalue weighted by Gasteiger charge is 2.14. The fourth-order valence-corrected chi connectivity index (χ4v) is 2.16. The van der Waals surface area contributed by atoms with Gasteiger partial charge < -0.3 is 20.1 Å². The number of anilines is 1. The van der Waals surface area contributed by atoms with E-state index >= 15 is 0 Å².